The Balaban J connectivity index is 2.37. The van der Waals surface area contributed by atoms with Gasteiger partial charge in [-0.2, -0.15) is 0 Å². The zero-order valence-electron chi connectivity index (χ0n) is 7.24. The lowest BCUT2D eigenvalue weighted by Gasteiger charge is -2.06. The van der Waals surface area contributed by atoms with E-state index in [0.717, 1.165) is 4.88 Å². The third-order valence-electron chi connectivity index (χ3n) is 1.27. The number of carbonyl (C=O) groups is 1. The van der Waals surface area contributed by atoms with Crippen LogP contribution >= 0.6 is 11.3 Å². The Morgan fingerprint density at radius 2 is 2.42 bits per heavy atom. The highest BCUT2D eigenvalue weighted by molar-refractivity contribution is 7.10. The monoisotopic (exact) mass is 184 g/mol. The van der Waals surface area contributed by atoms with Crippen molar-refractivity contribution in [1.82, 2.24) is 0 Å². The number of esters is 1. The maximum Gasteiger partial charge on any atom is 0.311 e. The van der Waals surface area contributed by atoms with Crippen molar-refractivity contribution in [2.24, 2.45) is 0 Å². The van der Waals surface area contributed by atoms with Crippen molar-refractivity contribution in [1.29, 1.82) is 0 Å². The second-order valence-electron chi connectivity index (χ2n) is 2.79. The van der Waals surface area contributed by atoms with Gasteiger partial charge in [0, 0.05) is 4.88 Å². The molecule has 1 rings (SSSR count). The van der Waals surface area contributed by atoms with Crippen LogP contribution in [0, 0.1) is 0 Å². The predicted octanol–water partition coefficient (Wildman–Crippen LogP) is 2.24. The molecule has 1 heterocycles. The minimum Gasteiger partial charge on any atom is -0.463 e. The number of ether oxygens (including phenoxy) is 1. The van der Waals surface area contributed by atoms with Gasteiger partial charge in [-0.15, -0.1) is 11.3 Å². The topological polar surface area (TPSA) is 26.3 Å². The Morgan fingerprint density at radius 3 is 2.92 bits per heavy atom. The van der Waals surface area contributed by atoms with E-state index in [2.05, 4.69) is 0 Å². The SMILES string of the molecule is CC(C)OC(=O)Cc1cccs1. The molecule has 2 nitrogen and oxygen atoms in total. The van der Waals surface area contributed by atoms with Crippen LogP contribution in [0.25, 0.3) is 0 Å². The Hall–Kier alpha value is -0.830. The molecular weight excluding hydrogens is 172 g/mol. The molecule has 66 valence electrons. The van der Waals surface area contributed by atoms with Crippen LogP contribution < -0.4 is 0 Å². The molecule has 0 fully saturated rings. The third-order valence-corrected chi connectivity index (χ3v) is 2.14. The summed E-state index contributed by atoms with van der Waals surface area (Å²) in [6, 6.07) is 3.87. The van der Waals surface area contributed by atoms with Gasteiger partial charge in [0.1, 0.15) is 0 Å². The van der Waals surface area contributed by atoms with Crippen LogP contribution in [0.3, 0.4) is 0 Å². The zero-order chi connectivity index (χ0) is 8.97. The molecule has 1 aromatic heterocycles. The molecule has 0 aliphatic heterocycles. The summed E-state index contributed by atoms with van der Waals surface area (Å²) in [5.74, 6) is -0.146. The van der Waals surface area contributed by atoms with E-state index in [4.69, 9.17) is 4.74 Å². The molecule has 12 heavy (non-hydrogen) atoms. The molecule has 0 amide bonds. The lowest BCUT2D eigenvalue weighted by Crippen LogP contribution is -2.12. The Kier molecular flexibility index (Phi) is 3.29. The average Bonchev–Trinajstić information content (AvgIpc) is 2.37. The fourth-order valence-corrected chi connectivity index (χ4v) is 1.55. The van der Waals surface area contributed by atoms with Crippen LogP contribution in [-0.2, 0) is 16.0 Å². The molecule has 0 radical (unpaired) electrons. The van der Waals surface area contributed by atoms with Crippen LogP contribution in [0.2, 0.25) is 0 Å². The molecule has 0 aliphatic carbocycles. The maximum atomic E-state index is 11.1. The standard InChI is InChI=1S/C9H12O2S/c1-7(2)11-9(10)6-8-4-3-5-12-8/h3-5,7H,6H2,1-2H3. The van der Waals surface area contributed by atoms with Crippen LogP contribution in [-0.4, -0.2) is 12.1 Å². The van der Waals surface area contributed by atoms with Gasteiger partial charge >= 0.3 is 5.97 Å². The van der Waals surface area contributed by atoms with Gasteiger partial charge in [-0.1, -0.05) is 6.07 Å². The van der Waals surface area contributed by atoms with Crippen LogP contribution in [0.4, 0.5) is 0 Å². The summed E-state index contributed by atoms with van der Waals surface area (Å²) >= 11 is 1.58. The molecule has 0 N–H and O–H groups in total. The first kappa shape index (κ1) is 9.26. The normalized spacial score (nSPS) is 10.2. The van der Waals surface area contributed by atoms with Crippen molar-refractivity contribution >= 4 is 17.3 Å². The van der Waals surface area contributed by atoms with Crippen molar-refractivity contribution < 1.29 is 9.53 Å². The molecule has 0 spiro atoms. The highest BCUT2D eigenvalue weighted by Gasteiger charge is 2.06. The van der Waals surface area contributed by atoms with Gasteiger partial charge in [-0.25, -0.2) is 0 Å². The van der Waals surface area contributed by atoms with E-state index >= 15 is 0 Å². The highest BCUT2D eigenvalue weighted by atomic mass is 32.1. The summed E-state index contributed by atoms with van der Waals surface area (Å²) in [5.41, 5.74) is 0. The lowest BCUT2D eigenvalue weighted by molar-refractivity contribution is -0.146. The van der Waals surface area contributed by atoms with Crippen molar-refractivity contribution in [2.45, 2.75) is 26.4 Å². The van der Waals surface area contributed by atoms with Gasteiger partial charge in [0.2, 0.25) is 0 Å². The van der Waals surface area contributed by atoms with E-state index in [1.807, 2.05) is 31.4 Å². The molecule has 0 bridgehead atoms. The predicted molar refractivity (Wildman–Crippen MR) is 49.3 cm³/mol. The van der Waals surface area contributed by atoms with Crippen molar-refractivity contribution in [2.75, 3.05) is 0 Å². The Morgan fingerprint density at radius 1 is 1.67 bits per heavy atom. The Bertz CT molecular complexity index is 239. The zero-order valence-corrected chi connectivity index (χ0v) is 8.06. The quantitative estimate of drug-likeness (QED) is 0.673. The molecule has 0 saturated heterocycles. The second kappa shape index (κ2) is 4.26. The fourth-order valence-electron chi connectivity index (χ4n) is 0.860. The summed E-state index contributed by atoms with van der Waals surface area (Å²) in [7, 11) is 0. The van der Waals surface area contributed by atoms with E-state index in [0.29, 0.717) is 6.42 Å². The van der Waals surface area contributed by atoms with Crippen molar-refractivity contribution in [3.63, 3.8) is 0 Å². The molecule has 3 heteroatoms. The Labute approximate surface area is 76.2 Å². The minimum atomic E-state index is -0.146. The van der Waals surface area contributed by atoms with Crippen LogP contribution in [0.1, 0.15) is 18.7 Å². The summed E-state index contributed by atoms with van der Waals surface area (Å²) < 4.78 is 4.99. The van der Waals surface area contributed by atoms with E-state index in [-0.39, 0.29) is 12.1 Å². The fraction of sp³-hybridized carbons (Fsp3) is 0.444. The first-order chi connectivity index (χ1) is 5.68. The molecule has 0 atom stereocenters. The number of hydrogen-bond donors (Lipinski definition) is 0. The smallest absolute Gasteiger partial charge is 0.311 e. The maximum absolute atomic E-state index is 11.1. The van der Waals surface area contributed by atoms with Gasteiger partial charge in [-0.05, 0) is 25.3 Å². The van der Waals surface area contributed by atoms with Crippen LogP contribution in [0.15, 0.2) is 17.5 Å². The van der Waals surface area contributed by atoms with Gasteiger partial charge < -0.3 is 4.74 Å². The van der Waals surface area contributed by atoms with Gasteiger partial charge in [0.05, 0.1) is 12.5 Å². The summed E-state index contributed by atoms with van der Waals surface area (Å²) in [6.07, 6.45) is 0.382. The first-order valence-electron chi connectivity index (χ1n) is 3.90. The number of carbonyl (C=O) groups excluding carboxylic acids is 1. The highest BCUT2D eigenvalue weighted by Crippen LogP contribution is 2.09. The molecule has 0 saturated carbocycles. The van der Waals surface area contributed by atoms with Crippen molar-refractivity contribution in [3.05, 3.63) is 22.4 Å². The van der Waals surface area contributed by atoms with E-state index in [9.17, 15) is 4.79 Å². The van der Waals surface area contributed by atoms with Gasteiger partial charge in [0.25, 0.3) is 0 Å². The first-order valence-corrected chi connectivity index (χ1v) is 4.78. The summed E-state index contributed by atoms with van der Waals surface area (Å²) in [5, 5.41) is 1.96. The molecule has 0 unspecified atom stereocenters. The van der Waals surface area contributed by atoms with E-state index in [1.54, 1.807) is 11.3 Å². The summed E-state index contributed by atoms with van der Waals surface area (Å²) in [4.78, 5) is 12.2. The molecule has 1 aromatic rings. The van der Waals surface area contributed by atoms with E-state index in [1.165, 1.54) is 0 Å². The average molecular weight is 184 g/mol. The largest absolute Gasteiger partial charge is 0.463 e. The molecule has 0 aliphatic rings. The van der Waals surface area contributed by atoms with Gasteiger partial charge in [0.15, 0.2) is 0 Å². The number of thiophene rings is 1. The van der Waals surface area contributed by atoms with Crippen LogP contribution in [0.5, 0.6) is 0 Å². The second-order valence-corrected chi connectivity index (χ2v) is 3.83. The summed E-state index contributed by atoms with van der Waals surface area (Å²) in [6.45, 7) is 3.71. The molecule has 0 aromatic carbocycles. The molecular formula is C9H12O2S. The van der Waals surface area contributed by atoms with Gasteiger partial charge in [-0.3, -0.25) is 4.79 Å². The van der Waals surface area contributed by atoms with E-state index < -0.39 is 0 Å². The lowest BCUT2D eigenvalue weighted by atomic mass is 10.3. The van der Waals surface area contributed by atoms with Crippen molar-refractivity contribution in [3.8, 4) is 0 Å². The third kappa shape index (κ3) is 3.05. The minimum absolute atomic E-state index is 0.0162. The number of hydrogen-bond acceptors (Lipinski definition) is 3. The number of rotatable bonds is 3.